The molecule has 0 aliphatic rings. The Hall–Kier alpha value is -4.70. The van der Waals surface area contributed by atoms with Crippen LogP contribution in [0.1, 0.15) is 5.56 Å². The van der Waals surface area contributed by atoms with Gasteiger partial charge < -0.3 is 4.74 Å². The summed E-state index contributed by atoms with van der Waals surface area (Å²) in [4.78, 5) is 22.1. The van der Waals surface area contributed by atoms with Crippen molar-refractivity contribution in [1.29, 1.82) is 0 Å². The molecule has 6 aromatic rings. The lowest BCUT2D eigenvalue weighted by Crippen LogP contribution is -2.23. The topological polar surface area (TPSA) is 87.2 Å². The predicted molar refractivity (Wildman–Crippen MR) is 135 cm³/mol. The lowest BCUT2D eigenvalue weighted by atomic mass is 10.1. The first-order chi connectivity index (χ1) is 17.6. The molecule has 36 heavy (non-hydrogen) atoms. The highest BCUT2D eigenvalue weighted by Crippen LogP contribution is 2.28. The second-order valence-corrected chi connectivity index (χ2v) is 8.85. The van der Waals surface area contributed by atoms with Gasteiger partial charge in [0.25, 0.3) is 5.56 Å². The molecular weight excluding hydrogens is 479 g/mol. The molecule has 0 fully saturated rings. The number of aromatic nitrogens is 6. The van der Waals surface area contributed by atoms with Gasteiger partial charge in [0.15, 0.2) is 17.4 Å². The Labute approximate surface area is 207 Å². The average molecular weight is 497 g/mol. The van der Waals surface area contributed by atoms with Crippen LogP contribution in [-0.2, 0) is 0 Å². The number of pyridine rings is 1. The van der Waals surface area contributed by atoms with Gasteiger partial charge in [0.2, 0.25) is 4.96 Å². The first kappa shape index (κ1) is 21.8. The molecule has 0 bridgehead atoms. The van der Waals surface area contributed by atoms with Crippen LogP contribution in [0.15, 0.2) is 84.0 Å². The number of fused-ring (bicyclic) bond motifs is 1. The van der Waals surface area contributed by atoms with E-state index in [1.807, 2.05) is 36.5 Å². The van der Waals surface area contributed by atoms with E-state index < -0.39 is 5.82 Å². The second kappa shape index (κ2) is 8.82. The number of ether oxygens (including phenoxy) is 1. The predicted octanol–water partition coefficient (Wildman–Crippen LogP) is 3.76. The molecule has 4 heterocycles. The Kier molecular flexibility index (Phi) is 5.34. The molecular formula is C26H17FN6O2S. The van der Waals surface area contributed by atoms with Gasteiger partial charge in [0.1, 0.15) is 5.69 Å². The second-order valence-electron chi connectivity index (χ2n) is 7.84. The first-order valence-corrected chi connectivity index (χ1v) is 11.7. The Morgan fingerprint density at radius 2 is 1.81 bits per heavy atom. The third-order valence-corrected chi connectivity index (χ3v) is 6.55. The summed E-state index contributed by atoms with van der Waals surface area (Å²) in [5, 5.41) is 9.09. The summed E-state index contributed by atoms with van der Waals surface area (Å²) in [5.74, 6) is 0.102. The summed E-state index contributed by atoms with van der Waals surface area (Å²) >= 11 is 1.23. The fourth-order valence-corrected chi connectivity index (χ4v) is 4.74. The van der Waals surface area contributed by atoms with Crippen molar-refractivity contribution in [3.05, 3.63) is 106 Å². The standard InChI is InChI=1S/C26H17FN6O2S/c1-35-21-8-7-17(13-20(21)27)23-18(15-32(30-23)19-5-3-2-4-6-19)14-22-25(34)33-26(36-22)29-24(31-33)16-9-11-28-12-10-16/h2-15H,1H3. The number of hydrogen-bond acceptors (Lipinski definition) is 7. The Morgan fingerprint density at radius 3 is 2.53 bits per heavy atom. The van der Waals surface area contributed by atoms with Crippen LogP contribution in [0, 0.1) is 5.82 Å². The van der Waals surface area contributed by atoms with E-state index in [9.17, 15) is 9.18 Å². The summed E-state index contributed by atoms with van der Waals surface area (Å²) in [6.45, 7) is 0. The van der Waals surface area contributed by atoms with Gasteiger partial charge in [0, 0.05) is 35.3 Å². The van der Waals surface area contributed by atoms with Crippen molar-refractivity contribution in [1.82, 2.24) is 29.4 Å². The van der Waals surface area contributed by atoms with Crippen molar-refractivity contribution >= 4 is 22.4 Å². The van der Waals surface area contributed by atoms with Gasteiger partial charge in [-0.05, 0) is 48.5 Å². The van der Waals surface area contributed by atoms with Crippen molar-refractivity contribution < 1.29 is 9.13 Å². The van der Waals surface area contributed by atoms with E-state index in [-0.39, 0.29) is 11.3 Å². The number of methoxy groups -OCH3 is 1. The van der Waals surface area contributed by atoms with Crippen molar-refractivity contribution in [2.24, 2.45) is 0 Å². The highest BCUT2D eigenvalue weighted by atomic mass is 32.1. The fraction of sp³-hybridized carbons (Fsp3) is 0.0385. The smallest absolute Gasteiger partial charge is 0.291 e. The van der Waals surface area contributed by atoms with Crippen LogP contribution < -0.4 is 14.8 Å². The molecule has 176 valence electrons. The van der Waals surface area contributed by atoms with Crippen LogP contribution in [0.5, 0.6) is 5.75 Å². The van der Waals surface area contributed by atoms with Crippen LogP contribution in [0.2, 0.25) is 0 Å². The quantitative estimate of drug-likeness (QED) is 0.361. The maximum absolute atomic E-state index is 14.5. The third kappa shape index (κ3) is 3.83. The summed E-state index contributed by atoms with van der Waals surface area (Å²) in [5.41, 5.74) is 3.05. The summed E-state index contributed by atoms with van der Waals surface area (Å²) < 4.78 is 23.0. The van der Waals surface area contributed by atoms with Gasteiger partial charge in [-0.25, -0.2) is 9.07 Å². The van der Waals surface area contributed by atoms with Gasteiger partial charge in [0.05, 0.1) is 17.3 Å². The number of rotatable bonds is 5. The van der Waals surface area contributed by atoms with Crippen molar-refractivity contribution in [3.63, 3.8) is 0 Å². The molecule has 6 rings (SSSR count). The lowest BCUT2D eigenvalue weighted by molar-refractivity contribution is 0.386. The molecule has 2 aromatic carbocycles. The maximum Gasteiger partial charge on any atom is 0.291 e. The molecule has 0 aliphatic carbocycles. The van der Waals surface area contributed by atoms with E-state index in [0.29, 0.717) is 32.1 Å². The molecule has 10 heteroatoms. The summed E-state index contributed by atoms with van der Waals surface area (Å²) in [7, 11) is 1.42. The zero-order valence-corrected chi connectivity index (χ0v) is 19.7. The Morgan fingerprint density at radius 1 is 1.00 bits per heavy atom. The minimum absolute atomic E-state index is 0.143. The van der Waals surface area contributed by atoms with Gasteiger partial charge in [-0.1, -0.05) is 29.5 Å². The summed E-state index contributed by atoms with van der Waals surface area (Å²) in [6.07, 6.45) is 6.84. The normalized spacial score (nSPS) is 11.9. The Balaban J connectivity index is 1.50. The molecule has 0 saturated heterocycles. The number of hydrogen-bond donors (Lipinski definition) is 0. The summed E-state index contributed by atoms with van der Waals surface area (Å²) in [6, 6.07) is 17.8. The van der Waals surface area contributed by atoms with Gasteiger partial charge >= 0.3 is 0 Å². The SMILES string of the molecule is COc1ccc(-c2nn(-c3ccccc3)cc2C=c2sc3nc(-c4ccncc4)nn3c2=O)cc1F. The van der Waals surface area contributed by atoms with Crippen LogP contribution in [-0.4, -0.2) is 36.5 Å². The molecule has 0 saturated carbocycles. The van der Waals surface area contributed by atoms with E-state index in [1.165, 1.54) is 29.0 Å². The monoisotopic (exact) mass is 496 g/mol. The Bertz CT molecular complexity index is 1810. The van der Waals surface area contributed by atoms with Crippen molar-refractivity contribution in [3.8, 4) is 34.1 Å². The number of benzene rings is 2. The van der Waals surface area contributed by atoms with Gasteiger partial charge in [-0.2, -0.15) is 14.6 Å². The molecule has 0 unspecified atom stereocenters. The number of thiazole rings is 1. The van der Waals surface area contributed by atoms with Crippen LogP contribution in [0.4, 0.5) is 4.39 Å². The molecule has 0 aliphatic heterocycles. The van der Waals surface area contributed by atoms with Crippen LogP contribution in [0.25, 0.3) is 39.4 Å². The number of para-hydroxylation sites is 1. The van der Waals surface area contributed by atoms with Crippen LogP contribution >= 0.6 is 11.3 Å². The highest BCUT2D eigenvalue weighted by Gasteiger charge is 2.16. The maximum atomic E-state index is 14.5. The van der Waals surface area contributed by atoms with E-state index in [4.69, 9.17) is 9.84 Å². The van der Waals surface area contributed by atoms with Crippen molar-refractivity contribution in [2.75, 3.05) is 7.11 Å². The number of nitrogens with zero attached hydrogens (tertiary/aromatic N) is 6. The molecule has 4 aromatic heterocycles. The molecule has 0 spiro atoms. The zero-order valence-electron chi connectivity index (χ0n) is 18.9. The van der Waals surface area contributed by atoms with E-state index >= 15 is 0 Å². The van der Waals surface area contributed by atoms with E-state index in [0.717, 1.165) is 11.3 Å². The average Bonchev–Trinajstić information content (AvgIpc) is 3.60. The van der Waals surface area contributed by atoms with E-state index in [1.54, 1.807) is 47.4 Å². The van der Waals surface area contributed by atoms with Crippen molar-refractivity contribution in [2.45, 2.75) is 0 Å². The molecule has 8 nitrogen and oxygen atoms in total. The number of halogens is 1. The molecule has 0 radical (unpaired) electrons. The molecule has 0 atom stereocenters. The largest absolute Gasteiger partial charge is 0.494 e. The minimum atomic E-state index is -0.498. The minimum Gasteiger partial charge on any atom is -0.494 e. The van der Waals surface area contributed by atoms with Crippen LogP contribution in [0.3, 0.4) is 0 Å². The zero-order chi connectivity index (χ0) is 24.6. The molecule has 0 N–H and O–H groups in total. The first-order valence-electron chi connectivity index (χ1n) is 10.9. The van der Waals surface area contributed by atoms with Gasteiger partial charge in [-0.15, -0.1) is 5.10 Å². The molecule has 0 amide bonds. The third-order valence-electron chi connectivity index (χ3n) is 5.60. The lowest BCUT2D eigenvalue weighted by Gasteiger charge is -2.04. The van der Waals surface area contributed by atoms with Gasteiger partial charge in [-0.3, -0.25) is 9.78 Å². The fourth-order valence-electron chi connectivity index (χ4n) is 3.84. The highest BCUT2D eigenvalue weighted by molar-refractivity contribution is 7.15. The van der Waals surface area contributed by atoms with E-state index in [2.05, 4.69) is 15.1 Å².